The number of esters is 2. The fourth-order valence-electron chi connectivity index (χ4n) is 13.2. The molecule has 1 fully saturated rings. The van der Waals surface area contributed by atoms with Crippen LogP contribution in [0.25, 0.3) is 10.4 Å². The minimum absolute atomic E-state index is 0.0165. The number of rotatable bonds is 36. The molecule has 9 N–H and O–H groups in total. The molecule has 9 rings (SSSR count). The van der Waals surface area contributed by atoms with Crippen molar-refractivity contribution in [3.8, 4) is 0 Å². The molecule has 0 radical (unpaired) electrons. The third kappa shape index (κ3) is 17.1. The van der Waals surface area contributed by atoms with Crippen molar-refractivity contribution >= 4 is 64.4 Å². The zero-order chi connectivity index (χ0) is 64.2. The number of likely N-dealkylation sites (N-methyl/N-ethyl adjacent to an activating group) is 2. The summed E-state index contributed by atoms with van der Waals surface area (Å²) in [5.41, 5.74) is 33.8. The Hall–Kier alpha value is -8.01. The lowest BCUT2D eigenvalue weighted by Gasteiger charge is -2.51. The van der Waals surface area contributed by atoms with Crippen molar-refractivity contribution in [1.82, 2.24) is 14.7 Å². The molecule has 22 nitrogen and oxygen atoms in total. The third-order valence-electron chi connectivity index (χ3n) is 18.0. The van der Waals surface area contributed by atoms with E-state index >= 15 is 0 Å². The molecule has 0 unspecified atom stereocenters. The van der Waals surface area contributed by atoms with E-state index in [0.29, 0.717) is 61.5 Å². The van der Waals surface area contributed by atoms with Gasteiger partial charge in [-0.2, -0.15) is 0 Å². The minimum atomic E-state index is -1.01. The van der Waals surface area contributed by atoms with Gasteiger partial charge in [0.1, 0.15) is 6.04 Å². The van der Waals surface area contributed by atoms with Gasteiger partial charge >= 0.3 is 11.9 Å². The average Bonchev–Trinajstić information content (AvgIpc) is 0.903. The molecule has 0 spiro atoms. The molecular formula is C68H90N12O10. The Bertz CT molecular complexity index is 3100. The number of nitrogens with one attached hydrogen (secondary N) is 3. The largest absolute Gasteiger partial charge is 0.389 e. The normalized spacial score (nSPS) is 17.5. The van der Waals surface area contributed by atoms with Gasteiger partial charge in [-0.1, -0.05) is 81.1 Å². The molecule has 22 heteroatoms. The molecule has 482 valence electrons. The van der Waals surface area contributed by atoms with Crippen molar-refractivity contribution in [3.05, 3.63) is 133 Å². The highest BCUT2D eigenvalue weighted by Crippen LogP contribution is 2.62. The first-order valence-corrected chi connectivity index (χ1v) is 32.3. The highest BCUT2D eigenvalue weighted by molar-refractivity contribution is 6.05. The monoisotopic (exact) mass is 1230 g/mol. The summed E-state index contributed by atoms with van der Waals surface area (Å²) >= 11 is 0. The standard InChI is InChI=1S/C68H90N12O10/c1-78(34-36-89-37-35-79(2)66(87)58-43-50(76-77-72)44-80(58)65(86)45-21-25-51-46(38-45)39-63(85)90-67(51)88)62(84)29-30-68-55-40-47(73-59(81)18-12-6-3-9-15-31-69)22-26-52(55)64(53-27-23-48(41-56(53)68)74-60(82)19-13-7-4-10-16-32-70)54-28-24-49(42-57(54)68)75-61(83)20-14-8-5-11-17-33-71/h21-28,38,40-42,50,58,64H,3-20,29-37,39,43-44,69-71H2,1-2H3,(H,73,81)(H,74,82)(H,75,83)/t50-,58-,64?,68?/m0/s1. The summed E-state index contributed by atoms with van der Waals surface area (Å²) in [6, 6.07) is 20.9. The van der Waals surface area contributed by atoms with Crippen molar-refractivity contribution in [2.75, 3.05) is 82.5 Å². The van der Waals surface area contributed by atoms with E-state index in [4.69, 9.17) is 26.7 Å². The lowest BCUT2D eigenvalue weighted by molar-refractivity contribution is -0.138. The summed E-state index contributed by atoms with van der Waals surface area (Å²) in [6.07, 6.45) is 15.3. The minimum Gasteiger partial charge on any atom is -0.389 e. The van der Waals surface area contributed by atoms with Crippen LogP contribution < -0.4 is 33.2 Å². The van der Waals surface area contributed by atoms with Gasteiger partial charge in [0, 0.05) is 98.3 Å². The maximum Gasteiger partial charge on any atom is 0.346 e. The summed E-state index contributed by atoms with van der Waals surface area (Å²) in [7, 11) is 3.31. The number of amides is 6. The number of anilines is 3. The van der Waals surface area contributed by atoms with E-state index in [2.05, 4.69) is 44.2 Å². The molecule has 6 amide bonds. The van der Waals surface area contributed by atoms with Crippen LogP contribution in [0.15, 0.2) is 77.9 Å². The Morgan fingerprint density at radius 1 is 0.633 bits per heavy atom. The molecule has 2 atom stereocenters. The molecule has 1 saturated heterocycles. The summed E-state index contributed by atoms with van der Waals surface area (Å²) < 4.78 is 10.8. The number of azide groups is 1. The van der Waals surface area contributed by atoms with Crippen LogP contribution in [-0.2, 0) is 50.1 Å². The van der Waals surface area contributed by atoms with E-state index in [0.717, 1.165) is 130 Å². The van der Waals surface area contributed by atoms with Gasteiger partial charge in [0.25, 0.3) is 5.91 Å². The highest BCUT2D eigenvalue weighted by atomic mass is 16.6. The molecule has 3 aliphatic carbocycles. The SMILES string of the molecule is CN(CCOCCN(C)C(=O)[C@@H]1C[C@H](N=[N+]=[N-])CN1C(=O)c1ccc2c(c1)CC(=O)OC2=O)C(=O)CCC12c3cc(NC(=O)CCCCCCCN)ccc3C(c3ccc(NC(=O)CCCCCCCN)cc31)c1ccc(NC(=O)CCCCCCCN)cc12. The first kappa shape index (κ1) is 67.9. The second-order valence-corrected chi connectivity index (χ2v) is 24.4. The zero-order valence-corrected chi connectivity index (χ0v) is 52.4. The number of nitrogens with two attached hydrogens (primary N) is 3. The van der Waals surface area contributed by atoms with E-state index in [1.54, 1.807) is 19.0 Å². The van der Waals surface area contributed by atoms with E-state index < -0.39 is 41.3 Å². The molecule has 0 saturated carbocycles. The third-order valence-corrected chi connectivity index (χ3v) is 18.0. The molecule has 2 bridgehead atoms. The Balaban J connectivity index is 0.999. The van der Waals surface area contributed by atoms with Gasteiger partial charge in [0.15, 0.2) is 0 Å². The Morgan fingerprint density at radius 2 is 1.10 bits per heavy atom. The van der Waals surface area contributed by atoms with Crippen molar-refractivity contribution in [1.29, 1.82) is 0 Å². The van der Waals surface area contributed by atoms with Crippen LogP contribution in [-0.4, -0.2) is 141 Å². The molecular weight excluding hydrogens is 1140 g/mol. The maximum absolute atomic E-state index is 14.7. The van der Waals surface area contributed by atoms with Crippen LogP contribution in [0.4, 0.5) is 17.1 Å². The average molecular weight is 1240 g/mol. The Morgan fingerprint density at radius 3 is 1.58 bits per heavy atom. The Kier molecular flexibility index (Phi) is 25.0. The van der Waals surface area contributed by atoms with Crippen molar-refractivity contribution in [3.63, 3.8) is 0 Å². The van der Waals surface area contributed by atoms with Crippen LogP contribution in [0.3, 0.4) is 0 Å². The topological polar surface area (TPSA) is 328 Å². The van der Waals surface area contributed by atoms with Gasteiger partial charge in [-0.15, -0.1) is 0 Å². The second kappa shape index (κ2) is 33.2. The number of fused-ring (bicyclic) bond motifs is 1. The van der Waals surface area contributed by atoms with Gasteiger partial charge in [0.05, 0.1) is 31.2 Å². The van der Waals surface area contributed by atoms with Gasteiger partial charge in [-0.25, -0.2) is 4.79 Å². The van der Waals surface area contributed by atoms with E-state index in [1.165, 1.54) is 28.0 Å². The maximum atomic E-state index is 14.7. The molecule has 5 aliphatic rings. The summed E-state index contributed by atoms with van der Waals surface area (Å²) in [5, 5.41) is 13.4. The van der Waals surface area contributed by atoms with Crippen molar-refractivity contribution < 1.29 is 47.8 Å². The second-order valence-electron chi connectivity index (χ2n) is 24.4. The number of carbonyl (C=O) groups is 8. The van der Waals surface area contributed by atoms with Crippen LogP contribution in [0, 0.1) is 0 Å². The van der Waals surface area contributed by atoms with Gasteiger partial charge in [0.2, 0.25) is 29.5 Å². The number of likely N-dealkylation sites (tertiary alicyclic amines) is 1. The number of ether oxygens (including phenoxy) is 2. The summed E-state index contributed by atoms with van der Waals surface area (Å²) in [5.74, 6) is -3.14. The smallest absolute Gasteiger partial charge is 0.346 e. The number of benzene rings is 4. The molecule has 90 heavy (non-hydrogen) atoms. The number of hydrogen-bond acceptors (Lipinski definition) is 14. The fourth-order valence-corrected chi connectivity index (χ4v) is 13.2. The fraction of sp³-hybridized carbons (Fsp3) is 0.529. The van der Waals surface area contributed by atoms with Crippen LogP contribution in [0.2, 0.25) is 0 Å². The number of unbranched alkanes of at least 4 members (excludes halogenated alkanes) is 12. The summed E-state index contributed by atoms with van der Waals surface area (Å²) in [6.45, 7) is 2.52. The molecule has 4 aromatic carbocycles. The number of carbonyl (C=O) groups excluding carboxylic acids is 8. The molecule has 0 aromatic heterocycles. The van der Waals surface area contributed by atoms with Crippen LogP contribution >= 0.6 is 0 Å². The van der Waals surface area contributed by atoms with Crippen molar-refractivity contribution in [2.45, 2.75) is 165 Å². The van der Waals surface area contributed by atoms with E-state index in [-0.39, 0.29) is 99.2 Å². The van der Waals surface area contributed by atoms with Gasteiger partial charge in [-0.05, 0) is 170 Å². The number of cyclic esters (lactones) is 2. The van der Waals surface area contributed by atoms with Crippen LogP contribution in [0.1, 0.15) is 200 Å². The quantitative estimate of drug-likeness (QED) is 0.00619. The van der Waals surface area contributed by atoms with Gasteiger partial charge in [-0.3, -0.25) is 33.6 Å². The highest BCUT2D eigenvalue weighted by Gasteiger charge is 2.52. The van der Waals surface area contributed by atoms with Crippen molar-refractivity contribution in [2.24, 2.45) is 22.3 Å². The molecule has 2 heterocycles. The molecule has 4 aromatic rings. The predicted octanol–water partition coefficient (Wildman–Crippen LogP) is 9.09. The van der Waals surface area contributed by atoms with Gasteiger partial charge < -0.3 is 57.3 Å². The number of nitrogens with zero attached hydrogens (tertiary/aromatic N) is 6. The molecule has 2 aliphatic heterocycles. The van der Waals surface area contributed by atoms with E-state index in [1.807, 2.05) is 36.4 Å². The Labute approximate surface area is 527 Å². The van der Waals surface area contributed by atoms with Crippen LogP contribution in [0.5, 0.6) is 0 Å². The van der Waals surface area contributed by atoms with E-state index in [9.17, 15) is 43.9 Å². The summed E-state index contributed by atoms with van der Waals surface area (Å²) in [4.78, 5) is 115. The first-order valence-electron chi connectivity index (χ1n) is 32.3. The first-order chi connectivity index (χ1) is 43.6. The zero-order valence-electron chi connectivity index (χ0n) is 52.4. The predicted molar refractivity (Wildman–Crippen MR) is 345 cm³/mol. The lowest BCUT2D eigenvalue weighted by atomic mass is 9.51. The lowest BCUT2D eigenvalue weighted by Crippen LogP contribution is -2.47. The number of hydrogen-bond donors (Lipinski definition) is 6.